The molecule has 2 amide bonds. The summed E-state index contributed by atoms with van der Waals surface area (Å²) in [6.07, 6.45) is 1.64. The van der Waals surface area contributed by atoms with E-state index in [-0.39, 0.29) is 37.9 Å². The predicted molar refractivity (Wildman–Crippen MR) is 67.2 cm³/mol. The number of rotatable bonds is 3. The van der Waals surface area contributed by atoms with Gasteiger partial charge < -0.3 is 15.3 Å². The van der Waals surface area contributed by atoms with Gasteiger partial charge in [0.15, 0.2) is 0 Å². The second kappa shape index (κ2) is 5.27. The number of amides is 2. The van der Waals surface area contributed by atoms with E-state index in [1.807, 2.05) is 0 Å². The van der Waals surface area contributed by atoms with Gasteiger partial charge in [0.1, 0.15) is 5.60 Å². The molecule has 0 aromatic carbocycles. The van der Waals surface area contributed by atoms with Gasteiger partial charge in [-0.25, -0.2) is 0 Å². The summed E-state index contributed by atoms with van der Waals surface area (Å²) >= 11 is 0. The molecule has 0 radical (unpaired) electrons. The molecular formula is C13H20F2N2O3. The number of piperidine rings is 1. The molecule has 0 aromatic rings. The van der Waals surface area contributed by atoms with Gasteiger partial charge in [0.05, 0.1) is 0 Å². The van der Waals surface area contributed by atoms with Crippen LogP contribution in [0.4, 0.5) is 8.78 Å². The topological polar surface area (TPSA) is 69.6 Å². The van der Waals surface area contributed by atoms with Crippen molar-refractivity contribution in [2.24, 2.45) is 0 Å². The fraction of sp³-hybridized carbons (Fsp3) is 0.846. The molecule has 0 aromatic heterocycles. The Morgan fingerprint density at radius 1 is 1.35 bits per heavy atom. The number of alkyl halides is 2. The van der Waals surface area contributed by atoms with Gasteiger partial charge in [-0.15, -0.1) is 0 Å². The Hall–Kier alpha value is -1.24. The van der Waals surface area contributed by atoms with Crippen molar-refractivity contribution in [2.75, 3.05) is 13.1 Å². The maximum atomic E-state index is 14.1. The number of nitrogens with one attached hydrogen (secondary N) is 1. The van der Waals surface area contributed by atoms with Crippen LogP contribution in [0.25, 0.3) is 0 Å². The molecule has 2 aliphatic rings. The summed E-state index contributed by atoms with van der Waals surface area (Å²) in [5.74, 6) is -5.31. The van der Waals surface area contributed by atoms with E-state index in [4.69, 9.17) is 0 Å². The minimum absolute atomic E-state index is 0.0469. The highest BCUT2D eigenvalue weighted by Gasteiger charge is 2.62. The van der Waals surface area contributed by atoms with E-state index < -0.39 is 17.4 Å². The van der Waals surface area contributed by atoms with Crippen LogP contribution in [0.1, 0.15) is 39.0 Å². The lowest BCUT2D eigenvalue weighted by atomic mass is 9.75. The molecular weight excluding hydrogens is 270 g/mol. The maximum absolute atomic E-state index is 14.1. The third kappa shape index (κ3) is 2.63. The van der Waals surface area contributed by atoms with Gasteiger partial charge in [0, 0.05) is 26.1 Å². The number of aliphatic hydroxyl groups is 1. The average molecular weight is 290 g/mol. The van der Waals surface area contributed by atoms with E-state index in [0.717, 1.165) is 4.90 Å². The molecule has 7 heteroatoms. The van der Waals surface area contributed by atoms with E-state index in [9.17, 15) is 23.5 Å². The van der Waals surface area contributed by atoms with E-state index >= 15 is 0 Å². The largest absolute Gasteiger partial charge is 0.383 e. The minimum Gasteiger partial charge on any atom is -0.383 e. The van der Waals surface area contributed by atoms with Crippen LogP contribution in [0.15, 0.2) is 0 Å². The molecule has 1 atom stereocenters. The van der Waals surface area contributed by atoms with Crippen LogP contribution in [-0.4, -0.2) is 52.5 Å². The molecule has 0 spiro atoms. The van der Waals surface area contributed by atoms with Crippen molar-refractivity contribution < 1.29 is 23.5 Å². The highest BCUT2D eigenvalue weighted by Crippen LogP contribution is 2.45. The Morgan fingerprint density at radius 3 is 2.50 bits per heavy atom. The van der Waals surface area contributed by atoms with Gasteiger partial charge in [-0.2, -0.15) is 8.78 Å². The lowest BCUT2D eigenvalue weighted by Crippen LogP contribution is -2.63. The SMILES string of the molecule is CC(=O)NC1CCCN(C(=O)C(F)(F)C2(O)CCC2)C1. The Labute approximate surface area is 116 Å². The van der Waals surface area contributed by atoms with Crippen molar-refractivity contribution in [1.29, 1.82) is 0 Å². The quantitative estimate of drug-likeness (QED) is 0.802. The van der Waals surface area contributed by atoms with Crippen LogP contribution in [0.5, 0.6) is 0 Å². The molecule has 1 aliphatic heterocycles. The molecule has 2 rings (SSSR count). The summed E-state index contributed by atoms with van der Waals surface area (Å²) in [4.78, 5) is 24.0. The number of halogens is 2. The molecule has 1 aliphatic carbocycles. The summed E-state index contributed by atoms with van der Waals surface area (Å²) < 4.78 is 28.2. The lowest BCUT2D eigenvalue weighted by Gasteiger charge is -2.44. The normalized spacial score (nSPS) is 25.8. The lowest BCUT2D eigenvalue weighted by molar-refractivity contribution is -0.224. The minimum atomic E-state index is -3.75. The number of likely N-dealkylation sites (tertiary alicyclic amines) is 1. The molecule has 5 nitrogen and oxygen atoms in total. The molecule has 0 bridgehead atoms. The zero-order valence-electron chi connectivity index (χ0n) is 11.5. The Morgan fingerprint density at radius 2 is 2.00 bits per heavy atom. The summed E-state index contributed by atoms with van der Waals surface area (Å²) in [6, 6.07) is -0.294. The number of nitrogens with zero attached hydrogens (tertiary/aromatic N) is 1. The highest BCUT2D eigenvalue weighted by atomic mass is 19.3. The van der Waals surface area contributed by atoms with E-state index in [1.54, 1.807) is 0 Å². The summed E-state index contributed by atoms with van der Waals surface area (Å²) in [7, 11) is 0. The first-order chi connectivity index (χ1) is 9.26. The maximum Gasteiger partial charge on any atom is 0.352 e. The summed E-state index contributed by atoms with van der Waals surface area (Å²) in [5.41, 5.74) is -2.19. The van der Waals surface area contributed by atoms with Crippen molar-refractivity contribution in [2.45, 2.75) is 56.6 Å². The van der Waals surface area contributed by atoms with Crippen LogP contribution in [0.2, 0.25) is 0 Å². The van der Waals surface area contributed by atoms with Crippen LogP contribution in [-0.2, 0) is 9.59 Å². The zero-order chi connectivity index (χ0) is 15.0. The Kier molecular flexibility index (Phi) is 4.00. The van der Waals surface area contributed by atoms with Gasteiger partial charge in [-0.3, -0.25) is 9.59 Å². The summed E-state index contributed by atoms with van der Waals surface area (Å²) in [6.45, 7) is 1.66. The summed E-state index contributed by atoms with van der Waals surface area (Å²) in [5, 5.41) is 12.4. The van der Waals surface area contributed by atoms with Crippen molar-refractivity contribution in [3.8, 4) is 0 Å². The molecule has 2 N–H and O–H groups in total. The monoisotopic (exact) mass is 290 g/mol. The first-order valence-electron chi connectivity index (χ1n) is 6.93. The van der Waals surface area contributed by atoms with Gasteiger partial charge in [0.25, 0.3) is 5.91 Å². The third-order valence-electron chi connectivity index (χ3n) is 4.15. The smallest absolute Gasteiger partial charge is 0.352 e. The predicted octanol–water partition coefficient (Wildman–Crippen LogP) is 0.664. The molecule has 1 saturated carbocycles. The third-order valence-corrected chi connectivity index (χ3v) is 4.15. The van der Waals surface area contributed by atoms with Crippen molar-refractivity contribution in [3.05, 3.63) is 0 Å². The van der Waals surface area contributed by atoms with Crippen molar-refractivity contribution >= 4 is 11.8 Å². The van der Waals surface area contributed by atoms with E-state index in [1.165, 1.54) is 6.92 Å². The number of carbonyl (C=O) groups excluding carboxylic acids is 2. The fourth-order valence-electron chi connectivity index (χ4n) is 2.79. The standard InChI is InChI=1S/C13H20F2N2O3/c1-9(18)16-10-4-2-7-17(8-10)11(19)13(14,15)12(20)5-3-6-12/h10,20H,2-8H2,1H3,(H,16,18). The van der Waals surface area contributed by atoms with E-state index in [0.29, 0.717) is 19.3 Å². The first kappa shape index (κ1) is 15.2. The first-order valence-corrected chi connectivity index (χ1v) is 6.93. The van der Waals surface area contributed by atoms with Gasteiger partial charge >= 0.3 is 5.92 Å². The van der Waals surface area contributed by atoms with Gasteiger partial charge in [-0.05, 0) is 32.1 Å². The van der Waals surface area contributed by atoms with Crippen molar-refractivity contribution in [1.82, 2.24) is 10.2 Å². The second-order valence-corrected chi connectivity index (χ2v) is 5.75. The van der Waals surface area contributed by atoms with Crippen LogP contribution in [0.3, 0.4) is 0 Å². The molecule has 1 heterocycles. The Balaban J connectivity index is 2.03. The highest BCUT2D eigenvalue weighted by molar-refractivity contribution is 5.85. The van der Waals surface area contributed by atoms with E-state index in [2.05, 4.69) is 5.32 Å². The van der Waals surface area contributed by atoms with Crippen LogP contribution in [0, 0.1) is 0 Å². The number of hydrogen-bond donors (Lipinski definition) is 2. The fourth-order valence-corrected chi connectivity index (χ4v) is 2.79. The molecule has 2 fully saturated rings. The van der Waals surface area contributed by atoms with Gasteiger partial charge in [0.2, 0.25) is 5.91 Å². The molecule has 20 heavy (non-hydrogen) atoms. The Bertz CT molecular complexity index is 410. The second-order valence-electron chi connectivity index (χ2n) is 5.75. The molecule has 1 unspecified atom stereocenters. The molecule has 114 valence electrons. The zero-order valence-corrected chi connectivity index (χ0v) is 11.5. The number of hydrogen-bond acceptors (Lipinski definition) is 3. The average Bonchev–Trinajstić information content (AvgIpc) is 2.34. The van der Waals surface area contributed by atoms with Gasteiger partial charge in [-0.1, -0.05) is 0 Å². The van der Waals surface area contributed by atoms with Crippen LogP contribution < -0.4 is 5.32 Å². The van der Waals surface area contributed by atoms with Crippen LogP contribution >= 0.6 is 0 Å². The van der Waals surface area contributed by atoms with Crippen molar-refractivity contribution in [3.63, 3.8) is 0 Å². The molecule has 1 saturated heterocycles. The number of carbonyl (C=O) groups is 2.